The van der Waals surface area contributed by atoms with E-state index in [4.69, 9.17) is 14.7 Å². The first kappa shape index (κ1) is 29.6. The van der Waals surface area contributed by atoms with Gasteiger partial charge in [-0.05, 0) is 60.7 Å². The lowest BCUT2D eigenvalue weighted by atomic mass is 9.75. The highest BCUT2D eigenvalue weighted by atomic mass is 16.3. The number of furan rings is 1. The van der Waals surface area contributed by atoms with E-state index in [0.717, 1.165) is 57.4 Å². The van der Waals surface area contributed by atoms with Gasteiger partial charge in [-0.3, -0.25) is 5.32 Å². The average Bonchev–Trinajstić information content (AvgIpc) is 3.84. The zero-order chi connectivity index (χ0) is 34.4. The van der Waals surface area contributed by atoms with E-state index in [1.807, 2.05) is 12.1 Å². The molecule has 4 atom stereocenters. The van der Waals surface area contributed by atoms with E-state index >= 15 is 0 Å². The minimum atomic E-state index is -0.473. The molecule has 0 bridgehead atoms. The van der Waals surface area contributed by atoms with Gasteiger partial charge in [-0.1, -0.05) is 133 Å². The van der Waals surface area contributed by atoms with E-state index in [0.29, 0.717) is 0 Å². The van der Waals surface area contributed by atoms with Crippen molar-refractivity contribution in [3.63, 3.8) is 0 Å². The van der Waals surface area contributed by atoms with Crippen LogP contribution in [0.3, 0.4) is 0 Å². The predicted molar refractivity (Wildman–Crippen MR) is 213 cm³/mol. The first-order valence-corrected chi connectivity index (χ1v) is 18.3. The number of allylic oxidation sites excluding steroid dienone is 1. The molecule has 1 N–H and O–H groups in total. The smallest absolute Gasteiger partial charge is 0.160 e. The summed E-state index contributed by atoms with van der Waals surface area (Å²) in [5.41, 5.74) is 9.61. The van der Waals surface area contributed by atoms with E-state index in [1.165, 1.54) is 33.1 Å². The van der Waals surface area contributed by atoms with E-state index in [9.17, 15) is 0 Å². The molecule has 0 amide bonds. The number of amidine groups is 1. The maximum Gasteiger partial charge on any atom is 0.160 e. The highest BCUT2D eigenvalue weighted by Crippen LogP contribution is 2.62. The van der Waals surface area contributed by atoms with Gasteiger partial charge in [-0.15, -0.1) is 0 Å². The first-order chi connectivity index (χ1) is 25.7. The Labute approximate surface area is 301 Å². The van der Waals surface area contributed by atoms with E-state index in [1.54, 1.807) is 0 Å². The van der Waals surface area contributed by atoms with Crippen LogP contribution in [0.2, 0.25) is 0 Å². The van der Waals surface area contributed by atoms with Gasteiger partial charge < -0.3 is 24.2 Å². The molecule has 252 valence electrons. The maximum absolute atomic E-state index is 7.07. The standard InChI is InChI=1S/C46H36N5O/c1-46-28-16-15-25-34(46)39-37-33-24-12-14-27-36(33)52-42(37)41-38(40(39)51(46)31-21-9-4-10-22-31)32-23-11-13-26-35(32)50(41)45-48-43(29-17-5-2-6-18-29)47-44(49-45)30-19-7-3-8-20-30/h2-14,16-24,26-28,34,43,45,48H,15,25H2,1H3/q-1. The second-order valence-electron chi connectivity index (χ2n) is 14.4. The monoisotopic (exact) mass is 674 g/mol. The summed E-state index contributed by atoms with van der Waals surface area (Å²) in [6.07, 6.45) is 6.17. The van der Waals surface area contributed by atoms with Crippen LogP contribution in [0.5, 0.6) is 0 Å². The van der Waals surface area contributed by atoms with Crippen molar-refractivity contribution in [3.05, 3.63) is 174 Å². The van der Waals surface area contributed by atoms with E-state index in [-0.39, 0.29) is 17.6 Å². The van der Waals surface area contributed by atoms with Gasteiger partial charge >= 0.3 is 0 Å². The fraction of sp³-hybridized carbons (Fsp3) is 0.152. The molecule has 2 aromatic heterocycles. The van der Waals surface area contributed by atoms with Crippen LogP contribution in [0, 0.1) is 0 Å². The Hall–Kier alpha value is -6.11. The molecule has 52 heavy (non-hydrogen) atoms. The van der Waals surface area contributed by atoms with Crippen LogP contribution in [0.15, 0.2) is 161 Å². The van der Waals surface area contributed by atoms with Crippen molar-refractivity contribution in [2.45, 2.75) is 43.7 Å². The van der Waals surface area contributed by atoms with Crippen LogP contribution in [-0.4, -0.2) is 15.9 Å². The number of benzene rings is 6. The van der Waals surface area contributed by atoms with Crippen LogP contribution in [0.25, 0.3) is 49.1 Å². The Morgan fingerprint density at radius 1 is 0.769 bits per heavy atom. The predicted octanol–water partition coefficient (Wildman–Crippen LogP) is 11.6. The van der Waals surface area contributed by atoms with Gasteiger partial charge in [-0.2, -0.15) is 0 Å². The summed E-state index contributed by atoms with van der Waals surface area (Å²) in [7, 11) is 0. The Balaban J connectivity index is 1.28. The molecule has 0 saturated heterocycles. The van der Waals surface area contributed by atoms with Gasteiger partial charge in [0.05, 0.1) is 28.5 Å². The molecule has 3 aliphatic rings. The van der Waals surface area contributed by atoms with E-state index in [2.05, 4.69) is 161 Å². The van der Waals surface area contributed by atoms with Crippen LogP contribution in [0.4, 0.5) is 11.4 Å². The second kappa shape index (κ2) is 11.2. The molecule has 6 aromatic carbocycles. The van der Waals surface area contributed by atoms with Gasteiger partial charge in [0.2, 0.25) is 0 Å². The first-order valence-electron chi connectivity index (χ1n) is 18.3. The highest BCUT2D eigenvalue weighted by Gasteiger charge is 2.51. The topological polar surface area (TPSA) is 59.8 Å². The van der Waals surface area contributed by atoms with Crippen molar-refractivity contribution in [2.75, 3.05) is 4.90 Å². The number of aliphatic imine (C=N–C) groups is 1. The van der Waals surface area contributed by atoms with Gasteiger partial charge in [-0.25, -0.2) is 0 Å². The van der Waals surface area contributed by atoms with Crippen molar-refractivity contribution in [3.8, 4) is 0 Å². The molecule has 2 aliphatic heterocycles. The molecule has 0 spiro atoms. The molecular formula is C46H36N5O-. The summed E-state index contributed by atoms with van der Waals surface area (Å²) in [5.74, 6) is 1.00. The van der Waals surface area contributed by atoms with Crippen LogP contribution >= 0.6 is 0 Å². The van der Waals surface area contributed by atoms with Crippen molar-refractivity contribution >= 4 is 61.0 Å². The molecule has 11 rings (SSSR count). The lowest BCUT2D eigenvalue weighted by molar-refractivity contribution is 0.413. The number of aromatic nitrogens is 1. The lowest BCUT2D eigenvalue weighted by Crippen LogP contribution is -2.42. The average molecular weight is 675 g/mol. The Bertz CT molecular complexity index is 2730. The number of hydrogen-bond donors (Lipinski definition) is 1. The fourth-order valence-electron chi connectivity index (χ4n) is 9.33. The molecular weight excluding hydrogens is 639 g/mol. The summed E-state index contributed by atoms with van der Waals surface area (Å²) in [6, 6.07) is 49.1. The second-order valence-corrected chi connectivity index (χ2v) is 14.4. The molecule has 0 radical (unpaired) electrons. The molecule has 4 unspecified atom stereocenters. The van der Waals surface area contributed by atoms with Crippen LogP contribution in [0.1, 0.15) is 54.8 Å². The third-order valence-corrected chi connectivity index (χ3v) is 11.5. The number of anilines is 2. The Morgan fingerprint density at radius 3 is 2.27 bits per heavy atom. The number of hydrogen-bond acceptors (Lipinski definition) is 4. The lowest BCUT2D eigenvalue weighted by Gasteiger charge is -2.41. The largest absolute Gasteiger partial charge is 0.454 e. The van der Waals surface area contributed by atoms with Gasteiger partial charge in [0.15, 0.2) is 5.58 Å². The number of nitrogens with zero attached hydrogens (tertiary/aromatic N) is 4. The summed E-state index contributed by atoms with van der Waals surface area (Å²) >= 11 is 0. The number of nitrogens with one attached hydrogen (secondary N) is 1. The molecule has 4 heterocycles. The molecule has 1 aliphatic carbocycles. The number of fused-ring (bicyclic) bond motifs is 12. The minimum Gasteiger partial charge on any atom is -0.454 e. The van der Waals surface area contributed by atoms with Gasteiger partial charge in [0, 0.05) is 39.3 Å². The quantitative estimate of drug-likeness (QED) is 0.189. The number of para-hydroxylation sites is 3. The zero-order valence-corrected chi connectivity index (χ0v) is 28.8. The van der Waals surface area contributed by atoms with Crippen LogP contribution < -0.4 is 10.2 Å². The third kappa shape index (κ3) is 4.13. The molecule has 0 fully saturated rings. The number of rotatable bonds is 4. The highest BCUT2D eigenvalue weighted by molar-refractivity contribution is 6.28. The summed E-state index contributed by atoms with van der Waals surface area (Å²) in [6.45, 7) is 2.42. The van der Waals surface area contributed by atoms with Crippen molar-refractivity contribution in [1.82, 2.24) is 9.88 Å². The van der Waals surface area contributed by atoms with Crippen molar-refractivity contribution in [2.24, 2.45) is 4.99 Å². The maximum atomic E-state index is 7.07. The molecule has 6 nitrogen and oxygen atoms in total. The van der Waals surface area contributed by atoms with Crippen molar-refractivity contribution < 1.29 is 4.42 Å². The van der Waals surface area contributed by atoms with Gasteiger partial charge in [0.1, 0.15) is 5.58 Å². The van der Waals surface area contributed by atoms with Gasteiger partial charge in [0.25, 0.3) is 0 Å². The molecule has 0 saturated carbocycles. The van der Waals surface area contributed by atoms with Crippen molar-refractivity contribution in [1.29, 1.82) is 0 Å². The molecule has 8 aromatic rings. The normalized spacial score (nSPS) is 22.5. The SMILES string of the molecule is CC12C=CCCC1c1c(c3c4ccccc4n(C4[N-]C(c5ccccc5)=NC(c5ccccc5)N4)c3c3oc4ccccc4c13)N2c1ccccc1. The minimum absolute atomic E-state index is 0.260. The summed E-state index contributed by atoms with van der Waals surface area (Å²) in [4.78, 5) is 7.82. The Kier molecular flexibility index (Phi) is 6.37. The summed E-state index contributed by atoms with van der Waals surface area (Å²) in [5, 5.41) is 14.0. The molecule has 6 heteroatoms. The summed E-state index contributed by atoms with van der Waals surface area (Å²) < 4.78 is 9.45. The van der Waals surface area contributed by atoms with Crippen LogP contribution in [-0.2, 0) is 0 Å². The third-order valence-electron chi connectivity index (χ3n) is 11.5. The zero-order valence-electron chi connectivity index (χ0n) is 28.8. The Morgan fingerprint density at radius 2 is 1.46 bits per heavy atom. The van der Waals surface area contributed by atoms with E-state index < -0.39 is 6.29 Å². The fourth-order valence-corrected chi connectivity index (χ4v) is 9.33.